The van der Waals surface area contributed by atoms with Crippen molar-refractivity contribution >= 4 is 12.2 Å². The number of hydrogen-bond donors (Lipinski definition) is 0. The van der Waals surface area contributed by atoms with E-state index in [0.29, 0.717) is 13.0 Å². The van der Waals surface area contributed by atoms with Crippen molar-refractivity contribution in [1.29, 1.82) is 0 Å². The normalized spacial score (nSPS) is 14.2. The topological polar surface area (TPSA) is 46.6 Å². The summed E-state index contributed by atoms with van der Waals surface area (Å²) < 4.78 is 5.26. The number of nitrogens with zero attached hydrogens (tertiary/aromatic N) is 1. The van der Waals surface area contributed by atoms with Crippen LogP contribution in [0.5, 0.6) is 0 Å². The van der Waals surface area contributed by atoms with E-state index in [1.54, 1.807) is 11.8 Å². The number of methoxy groups -OCH3 is 1. The highest BCUT2D eigenvalue weighted by Gasteiger charge is 2.26. The van der Waals surface area contributed by atoms with E-state index in [4.69, 9.17) is 4.74 Å². The monoisotopic (exact) mass is 229 g/mol. The first-order valence-corrected chi connectivity index (χ1v) is 5.89. The molecule has 1 amide bonds. The summed E-state index contributed by atoms with van der Waals surface area (Å²) in [5.41, 5.74) is 0. The lowest BCUT2D eigenvalue weighted by atomic mass is 10.1. The highest BCUT2D eigenvalue weighted by Crippen LogP contribution is 2.13. The van der Waals surface area contributed by atoms with E-state index in [2.05, 4.69) is 6.92 Å². The minimum atomic E-state index is -0.434. The fraction of sp³-hybridized carbons (Fsp3) is 0.833. The zero-order chi connectivity index (χ0) is 12.6. The van der Waals surface area contributed by atoms with Crippen LogP contribution in [0.4, 0.5) is 0 Å². The van der Waals surface area contributed by atoms with E-state index in [1.165, 1.54) is 7.11 Å². The number of aldehydes is 1. The summed E-state index contributed by atoms with van der Waals surface area (Å²) in [6.07, 6.45) is 2.78. The number of carbonyl (C=O) groups excluding carboxylic acids is 2. The van der Waals surface area contributed by atoms with Gasteiger partial charge in [-0.25, -0.2) is 0 Å². The minimum Gasteiger partial charge on any atom is -0.361 e. The maximum absolute atomic E-state index is 11.8. The van der Waals surface area contributed by atoms with Gasteiger partial charge in [-0.15, -0.1) is 0 Å². The van der Waals surface area contributed by atoms with E-state index in [1.807, 2.05) is 6.92 Å². The van der Waals surface area contributed by atoms with Crippen LogP contribution in [0, 0.1) is 5.92 Å². The van der Waals surface area contributed by atoms with Gasteiger partial charge in [0.2, 0.25) is 5.91 Å². The summed E-state index contributed by atoms with van der Waals surface area (Å²) in [5, 5.41) is 0. The highest BCUT2D eigenvalue weighted by molar-refractivity contribution is 5.76. The van der Waals surface area contributed by atoms with Gasteiger partial charge in [0.05, 0.1) is 5.92 Å². The Bertz CT molecular complexity index is 218. The summed E-state index contributed by atoms with van der Waals surface area (Å²) in [5.74, 6) is -0.258. The molecule has 0 aliphatic heterocycles. The maximum atomic E-state index is 11.8. The van der Waals surface area contributed by atoms with Crippen molar-refractivity contribution in [2.45, 2.75) is 46.3 Å². The number of amides is 1. The lowest BCUT2D eigenvalue weighted by Crippen LogP contribution is -2.45. The quantitative estimate of drug-likeness (QED) is 0.471. The summed E-state index contributed by atoms with van der Waals surface area (Å²) in [6.45, 7) is 6.31. The molecule has 0 aliphatic carbocycles. The first-order chi connectivity index (χ1) is 7.62. The second-order valence-corrected chi connectivity index (χ2v) is 3.92. The van der Waals surface area contributed by atoms with E-state index >= 15 is 0 Å². The summed E-state index contributed by atoms with van der Waals surface area (Å²) in [7, 11) is 1.53. The van der Waals surface area contributed by atoms with Crippen LogP contribution in [0.15, 0.2) is 0 Å². The van der Waals surface area contributed by atoms with Crippen LogP contribution < -0.4 is 0 Å². The molecule has 0 bridgehead atoms. The van der Waals surface area contributed by atoms with Gasteiger partial charge in [0.1, 0.15) is 12.5 Å². The summed E-state index contributed by atoms with van der Waals surface area (Å²) >= 11 is 0. The molecule has 0 N–H and O–H groups in total. The molecule has 2 atom stereocenters. The van der Waals surface area contributed by atoms with Crippen molar-refractivity contribution < 1.29 is 14.3 Å². The molecule has 0 aliphatic rings. The number of unbranched alkanes of at least 4 members (excludes halogenated alkanes) is 1. The van der Waals surface area contributed by atoms with E-state index in [9.17, 15) is 9.59 Å². The van der Waals surface area contributed by atoms with E-state index in [-0.39, 0.29) is 11.8 Å². The van der Waals surface area contributed by atoms with Crippen LogP contribution in [-0.4, -0.2) is 37.0 Å². The summed E-state index contributed by atoms with van der Waals surface area (Å²) in [4.78, 5) is 24.2. The van der Waals surface area contributed by atoms with Gasteiger partial charge in [-0.1, -0.05) is 27.2 Å². The molecule has 0 rings (SSSR count). The first-order valence-electron chi connectivity index (χ1n) is 5.89. The van der Waals surface area contributed by atoms with Crippen molar-refractivity contribution in [1.82, 2.24) is 4.90 Å². The lowest BCUT2D eigenvalue weighted by Gasteiger charge is -2.32. The average Bonchev–Trinajstić information content (AvgIpc) is 2.32. The zero-order valence-corrected chi connectivity index (χ0v) is 10.7. The van der Waals surface area contributed by atoms with Crippen molar-refractivity contribution in [3.05, 3.63) is 0 Å². The third-order valence-corrected chi connectivity index (χ3v) is 2.59. The first kappa shape index (κ1) is 15.1. The molecule has 94 valence electrons. The third kappa shape index (κ3) is 4.31. The Morgan fingerprint density at radius 3 is 2.44 bits per heavy atom. The molecule has 0 fully saturated rings. The Morgan fingerprint density at radius 2 is 2.06 bits per heavy atom. The van der Waals surface area contributed by atoms with Crippen LogP contribution in [0.1, 0.15) is 40.0 Å². The Kier molecular flexibility index (Phi) is 7.81. The van der Waals surface area contributed by atoms with Gasteiger partial charge >= 0.3 is 0 Å². The Labute approximate surface area is 98.0 Å². The van der Waals surface area contributed by atoms with Crippen molar-refractivity contribution in [3.8, 4) is 0 Å². The lowest BCUT2D eigenvalue weighted by molar-refractivity contribution is -0.149. The number of rotatable bonds is 8. The van der Waals surface area contributed by atoms with Gasteiger partial charge in [0.15, 0.2) is 0 Å². The Balaban J connectivity index is 4.67. The molecule has 0 spiro atoms. The summed E-state index contributed by atoms with van der Waals surface area (Å²) in [6, 6.07) is 0. The molecule has 4 heteroatoms. The van der Waals surface area contributed by atoms with Crippen LogP contribution in [0.2, 0.25) is 0 Å². The predicted molar refractivity (Wildman–Crippen MR) is 62.9 cm³/mol. The third-order valence-electron chi connectivity index (χ3n) is 2.59. The van der Waals surface area contributed by atoms with Crippen molar-refractivity contribution in [2.75, 3.05) is 13.7 Å². The van der Waals surface area contributed by atoms with E-state index < -0.39 is 6.23 Å². The second-order valence-electron chi connectivity index (χ2n) is 3.92. The maximum Gasteiger partial charge on any atom is 0.224 e. The highest BCUT2D eigenvalue weighted by atomic mass is 16.5. The largest absolute Gasteiger partial charge is 0.361 e. The number of hydrogen-bond acceptors (Lipinski definition) is 3. The zero-order valence-electron chi connectivity index (χ0n) is 10.7. The molecule has 0 saturated carbocycles. The molecule has 0 aromatic carbocycles. The Morgan fingerprint density at radius 1 is 1.44 bits per heavy atom. The van der Waals surface area contributed by atoms with Gasteiger partial charge < -0.3 is 14.4 Å². The predicted octanol–water partition coefficient (Wildman–Crippen LogP) is 1.83. The molecule has 0 aromatic rings. The van der Waals surface area contributed by atoms with Crippen LogP contribution in [-0.2, 0) is 14.3 Å². The van der Waals surface area contributed by atoms with Crippen LogP contribution >= 0.6 is 0 Å². The van der Waals surface area contributed by atoms with Gasteiger partial charge in [-0.3, -0.25) is 4.79 Å². The fourth-order valence-corrected chi connectivity index (χ4v) is 1.62. The smallest absolute Gasteiger partial charge is 0.224 e. The Hall–Kier alpha value is -0.900. The second kappa shape index (κ2) is 8.28. The van der Waals surface area contributed by atoms with Gasteiger partial charge in [-0.2, -0.15) is 0 Å². The molecular formula is C12H23NO3. The van der Waals surface area contributed by atoms with E-state index in [0.717, 1.165) is 19.1 Å². The van der Waals surface area contributed by atoms with Crippen LogP contribution in [0.25, 0.3) is 0 Å². The van der Waals surface area contributed by atoms with Crippen molar-refractivity contribution in [2.24, 2.45) is 5.92 Å². The minimum absolute atomic E-state index is 0.0361. The van der Waals surface area contributed by atoms with Gasteiger partial charge in [0.25, 0.3) is 0 Å². The van der Waals surface area contributed by atoms with Crippen LogP contribution in [0.3, 0.4) is 0 Å². The van der Waals surface area contributed by atoms with Gasteiger partial charge in [0, 0.05) is 20.1 Å². The van der Waals surface area contributed by atoms with Crippen molar-refractivity contribution in [3.63, 3.8) is 0 Å². The molecule has 0 heterocycles. The number of carbonyl (C=O) groups is 2. The van der Waals surface area contributed by atoms with Gasteiger partial charge in [-0.05, 0) is 6.42 Å². The molecule has 4 nitrogen and oxygen atoms in total. The standard InChI is InChI=1S/C12H23NO3/c1-5-7-8-13(11(15)6-2)12(16-4)10(3)9-14/h9-10,12H,5-8H2,1-4H3. The molecule has 0 radical (unpaired) electrons. The average molecular weight is 229 g/mol. The molecule has 16 heavy (non-hydrogen) atoms. The molecule has 0 saturated heterocycles. The SMILES string of the molecule is CCCCN(C(=O)CC)C(OC)C(C)C=O. The molecule has 2 unspecified atom stereocenters. The molecule has 0 aromatic heterocycles. The fourth-order valence-electron chi connectivity index (χ4n) is 1.62. The molecular weight excluding hydrogens is 206 g/mol. The number of ether oxygens (including phenoxy) is 1.